The Morgan fingerprint density at radius 1 is 1.25 bits per heavy atom. The molecule has 0 aromatic heterocycles. The van der Waals surface area contributed by atoms with Crippen LogP contribution in [0, 0.1) is 5.92 Å². The molecule has 1 aromatic rings. The van der Waals surface area contributed by atoms with Crippen molar-refractivity contribution in [2.75, 3.05) is 25.7 Å². The van der Waals surface area contributed by atoms with Crippen molar-refractivity contribution in [2.45, 2.75) is 19.9 Å². The predicted molar refractivity (Wildman–Crippen MR) is 67.1 cm³/mol. The van der Waals surface area contributed by atoms with E-state index in [9.17, 15) is 5.11 Å². The van der Waals surface area contributed by atoms with Crippen molar-refractivity contribution in [1.82, 2.24) is 0 Å². The zero-order valence-electron chi connectivity index (χ0n) is 10.5. The van der Waals surface area contributed by atoms with Crippen LogP contribution in [0.3, 0.4) is 0 Å². The van der Waals surface area contributed by atoms with E-state index in [4.69, 9.17) is 4.74 Å². The van der Waals surface area contributed by atoms with E-state index in [0.717, 1.165) is 11.4 Å². The lowest BCUT2D eigenvalue weighted by atomic mass is 10.0. The molecular weight excluding hydrogens is 202 g/mol. The van der Waals surface area contributed by atoms with E-state index in [1.807, 2.05) is 31.3 Å². The maximum Gasteiger partial charge on any atom is 0.119 e. The number of anilines is 1. The molecule has 3 nitrogen and oxygen atoms in total. The van der Waals surface area contributed by atoms with E-state index in [1.165, 1.54) is 0 Å². The third-order valence-corrected chi connectivity index (χ3v) is 2.93. The lowest BCUT2D eigenvalue weighted by molar-refractivity contribution is 0.234. The number of benzene rings is 1. The number of aliphatic hydroxyl groups excluding tert-OH is 1. The molecule has 1 N–H and O–H groups in total. The molecule has 0 bridgehead atoms. The van der Waals surface area contributed by atoms with Crippen LogP contribution in [0.5, 0.6) is 5.75 Å². The minimum atomic E-state index is 0.147. The van der Waals surface area contributed by atoms with Crippen molar-refractivity contribution in [3.05, 3.63) is 24.3 Å². The summed E-state index contributed by atoms with van der Waals surface area (Å²) in [7, 11) is 3.66. The first kappa shape index (κ1) is 12.8. The van der Waals surface area contributed by atoms with Crippen molar-refractivity contribution in [3.63, 3.8) is 0 Å². The molecule has 90 valence electrons. The standard InChI is InChI=1S/C13H21NO2/c1-10(2)13(9-15)14(3)11-5-7-12(16-4)8-6-11/h5-8,10,13,15H,9H2,1-4H3. The first-order chi connectivity index (χ1) is 7.60. The van der Waals surface area contributed by atoms with E-state index >= 15 is 0 Å². The molecule has 0 amide bonds. The topological polar surface area (TPSA) is 32.7 Å². The molecule has 0 heterocycles. The van der Waals surface area contributed by atoms with E-state index in [0.29, 0.717) is 5.92 Å². The Morgan fingerprint density at radius 2 is 1.81 bits per heavy atom. The van der Waals surface area contributed by atoms with Crippen LogP contribution in [0.1, 0.15) is 13.8 Å². The summed E-state index contributed by atoms with van der Waals surface area (Å²) in [5, 5.41) is 9.36. The largest absolute Gasteiger partial charge is 0.497 e. The second kappa shape index (κ2) is 5.75. The van der Waals surface area contributed by atoms with E-state index in [2.05, 4.69) is 18.7 Å². The van der Waals surface area contributed by atoms with Gasteiger partial charge in [0.2, 0.25) is 0 Å². The van der Waals surface area contributed by atoms with Gasteiger partial charge in [-0.1, -0.05) is 13.8 Å². The number of ether oxygens (including phenoxy) is 1. The summed E-state index contributed by atoms with van der Waals surface area (Å²) in [4.78, 5) is 2.10. The minimum Gasteiger partial charge on any atom is -0.497 e. The van der Waals surface area contributed by atoms with Gasteiger partial charge in [0.25, 0.3) is 0 Å². The fraction of sp³-hybridized carbons (Fsp3) is 0.538. The van der Waals surface area contributed by atoms with Gasteiger partial charge in [-0.3, -0.25) is 0 Å². The van der Waals surface area contributed by atoms with Crippen LogP contribution in [0.15, 0.2) is 24.3 Å². The van der Waals surface area contributed by atoms with Gasteiger partial charge >= 0.3 is 0 Å². The van der Waals surface area contributed by atoms with Crippen LogP contribution < -0.4 is 9.64 Å². The summed E-state index contributed by atoms with van der Waals surface area (Å²) in [6.07, 6.45) is 0. The number of aliphatic hydroxyl groups is 1. The molecule has 1 atom stereocenters. The smallest absolute Gasteiger partial charge is 0.119 e. The van der Waals surface area contributed by atoms with Gasteiger partial charge in [0.05, 0.1) is 19.8 Å². The number of hydrogen-bond acceptors (Lipinski definition) is 3. The van der Waals surface area contributed by atoms with Crippen LogP contribution >= 0.6 is 0 Å². The van der Waals surface area contributed by atoms with Crippen LogP contribution in [-0.4, -0.2) is 31.9 Å². The Morgan fingerprint density at radius 3 is 2.19 bits per heavy atom. The third kappa shape index (κ3) is 2.89. The average molecular weight is 223 g/mol. The number of methoxy groups -OCH3 is 1. The Balaban J connectivity index is 2.82. The summed E-state index contributed by atoms with van der Waals surface area (Å²) >= 11 is 0. The fourth-order valence-corrected chi connectivity index (χ4v) is 1.79. The summed E-state index contributed by atoms with van der Waals surface area (Å²) in [5.41, 5.74) is 1.09. The minimum absolute atomic E-state index is 0.147. The van der Waals surface area contributed by atoms with Crippen molar-refractivity contribution in [2.24, 2.45) is 5.92 Å². The molecule has 3 heteroatoms. The normalized spacial score (nSPS) is 12.6. The van der Waals surface area contributed by atoms with Gasteiger partial charge in [-0.2, -0.15) is 0 Å². The molecule has 0 saturated heterocycles. The van der Waals surface area contributed by atoms with E-state index in [-0.39, 0.29) is 12.6 Å². The van der Waals surface area contributed by atoms with Gasteiger partial charge in [-0.25, -0.2) is 0 Å². The molecule has 1 rings (SSSR count). The number of nitrogens with zero attached hydrogens (tertiary/aromatic N) is 1. The number of hydrogen-bond donors (Lipinski definition) is 1. The van der Waals surface area contributed by atoms with Crippen LogP contribution in [0.25, 0.3) is 0 Å². The summed E-state index contributed by atoms with van der Waals surface area (Å²) in [6.45, 7) is 4.39. The van der Waals surface area contributed by atoms with Crippen LogP contribution in [-0.2, 0) is 0 Å². The average Bonchev–Trinajstić information content (AvgIpc) is 2.29. The lowest BCUT2D eigenvalue weighted by Crippen LogP contribution is -2.38. The Hall–Kier alpha value is -1.22. The van der Waals surface area contributed by atoms with E-state index < -0.39 is 0 Å². The molecule has 0 fully saturated rings. The molecule has 1 unspecified atom stereocenters. The summed E-state index contributed by atoms with van der Waals surface area (Å²) in [6, 6.07) is 8.02. The number of rotatable bonds is 5. The van der Waals surface area contributed by atoms with Crippen molar-refractivity contribution in [3.8, 4) is 5.75 Å². The monoisotopic (exact) mass is 223 g/mol. The van der Waals surface area contributed by atoms with Gasteiger partial charge < -0.3 is 14.7 Å². The second-order valence-corrected chi connectivity index (χ2v) is 4.30. The predicted octanol–water partition coefficient (Wildman–Crippen LogP) is 2.15. The molecule has 0 saturated carbocycles. The highest BCUT2D eigenvalue weighted by Gasteiger charge is 2.17. The van der Waals surface area contributed by atoms with Crippen LogP contribution in [0.2, 0.25) is 0 Å². The maximum absolute atomic E-state index is 9.36. The van der Waals surface area contributed by atoms with Gasteiger partial charge in [-0.15, -0.1) is 0 Å². The molecule has 0 spiro atoms. The Kier molecular flexibility index (Phi) is 4.62. The zero-order valence-corrected chi connectivity index (χ0v) is 10.5. The second-order valence-electron chi connectivity index (χ2n) is 4.30. The Labute approximate surface area is 97.7 Å². The van der Waals surface area contributed by atoms with Crippen molar-refractivity contribution < 1.29 is 9.84 Å². The Bertz CT molecular complexity index is 308. The highest BCUT2D eigenvalue weighted by molar-refractivity contribution is 5.49. The molecular formula is C13H21NO2. The van der Waals surface area contributed by atoms with Crippen molar-refractivity contribution in [1.29, 1.82) is 0 Å². The molecule has 1 aromatic carbocycles. The van der Waals surface area contributed by atoms with Gasteiger partial charge in [0.1, 0.15) is 5.75 Å². The van der Waals surface area contributed by atoms with Gasteiger partial charge in [0, 0.05) is 12.7 Å². The molecule has 16 heavy (non-hydrogen) atoms. The van der Waals surface area contributed by atoms with Gasteiger partial charge in [-0.05, 0) is 30.2 Å². The van der Waals surface area contributed by atoms with Gasteiger partial charge in [0.15, 0.2) is 0 Å². The van der Waals surface area contributed by atoms with Crippen LogP contribution in [0.4, 0.5) is 5.69 Å². The SMILES string of the molecule is COc1ccc(N(C)C(CO)C(C)C)cc1. The third-order valence-electron chi connectivity index (χ3n) is 2.93. The highest BCUT2D eigenvalue weighted by atomic mass is 16.5. The highest BCUT2D eigenvalue weighted by Crippen LogP contribution is 2.22. The quantitative estimate of drug-likeness (QED) is 0.830. The first-order valence-corrected chi connectivity index (χ1v) is 5.58. The zero-order chi connectivity index (χ0) is 12.1. The molecule has 0 aliphatic carbocycles. The summed E-state index contributed by atoms with van der Waals surface area (Å²) < 4.78 is 5.12. The maximum atomic E-state index is 9.36. The van der Waals surface area contributed by atoms with E-state index in [1.54, 1.807) is 7.11 Å². The molecule has 0 aliphatic heterocycles. The summed E-state index contributed by atoms with van der Waals surface area (Å²) in [5.74, 6) is 1.26. The number of likely N-dealkylation sites (N-methyl/N-ethyl adjacent to an activating group) is 1. The van der Waals surface area contributed by atoms with Crippen molar-refractivity contribution >= 4 is 5.69 Å². The molecule has 0 aliphatic rings. The molecule has 0 radical (unpaired) electrons. The first-order valence-electron chi connectivity index (χ1n) is 5.58. The fourth-order valence-electron chi connectivity index (χ4n) is 1.79. The lowest BCUT2D eigenvalue weighted by Gasteiger charge is -2.31.